The molecule has 0 radical (unpaired) electrons. The Morgan fingerprint density at radius 2 is 2.24 bits per heavy atom. The molecule has 1 rings (SSSR count). The molecule has 6 nitrogen and oxygen atoms in total. The topological polar surface area (TPSA) is 92.5 Å². The first-order valence-corrected chi connectivity index (χ1v) is 5.13. The largest absolute Gasteiger partial charge is 0.394 e. The highest BCUT2D eigenvalue weighted by molar-refractivity contribution is 5.99. The summed E-state index contributed by atoms with van der Waals surface area (Å²) in [7, 11) is 0. The summed E-state index contributed by atoms with van der Waals surface area (Å²) < 4.78 is 0. The molecule has 0 aliphatic carbocycles. The number of aryl methyl sites for hydroxylation is 1. The summed E-state index contributed by atoms with van der Waals surface area (Å²) in [6.07, 6.45) is 0. The maximum absolute atomic E-state index is 11.8. The number of nitro groups is 1. The van der Waals surface area contributed by atoms with Crippen LogP contribution in [0, 0.1) is 17.0 Å². The Kier molecular flexibility index (Phi) is 4.17. The van der Waals surface area contributed by atoms with Gasteiger partial charge in [-0.3, -0.25) is 14.9 Å². The van der Waals surface area contributed by atoms with Gasteiger partial charge in [0.2, 0.25) is 0 Å². The van der Waals surface area contributed by atoms with Crippen LogP contribution in [0.25, 0.3) is 0 Å². The minimum absolute atomic E-state index is 0.0396. The van der Waals surface area contributed by atoms with Crippen LogP contribution in [0.3, 0.4) is 0 Å². The monoisotopic (exact) mass is 238 g/mol. The van der Waals surface area contributed by atoms with Crippen LogP contribution in [0.15, 0.2) is 18.2 Å². The molecule has 1 aromatic rings. The van der Waals surface area contributed by atoms with Gasteiger partial charge in [-0.05, 0) is 19.4 Å². The van der Waals surface area contributed by atoms with Gasteiger partial charge in [0.05, 0.1) is 11.5 Å². The Morgan fingerprint density at radius 3 is 2.76 bits per heavy atom. The van der Waals surface area contributed by atoms with Crippen LogP contribution in [0.4, 0.5) is 5.69 Å². The molecule has 0 fully saturated rings. The van der Waals surface area contributed by atoms with E-state index < -0.39 is 16.9 Å². The van der Waals surface area contributed by atoms with Gasteiger partial charge in [-0.15, -0.1) is 0 Å². The molecule has 92 valence electrons. The number of hydrogen-bond acceptors (Lipinski definition) is 4. The van der Waals surface area contributed by atoms with Crippen LogP contribution < -0.4 is 5.32 Å². The van der Waals surface area contributed by atoms with Crippen LogP contribution in [0.1, 0.15) is 22.8 Å². The number of carbonyl (C=O) groups is 1. The molecular weight excluding hydrogens is 224 g/mol. The van der Waals surface area contributed by atoms with Gasteiger partial charge in [0, 0.05) is 12.1 Å². The van der Waals surface area contributed by atoms with Crippen molar-refractivity contribution in [2.24, 2.45) is 0 Å². The van der Waals surface area contributed by atoms with Gasteiger partial charge in [0.1, 0.15) is 5.56 Å². The van der Waals surface area contributed by atoms with E-state index in [1.165, 1.54) is 12.1 Å². The molecule has 0 saturated carbocycles. The molecule has 0 spiro atoms. The quantitative estimate of drug-likeness (QED) is 0.605. The molecule has 0 heterocycles. The molecule has 0 aliphatic heterocycles. The lowest BCUT2D eigenvalue weighted by Gasteiger charge is -2.12. The average molecular weight is 238 g/mol. The molecular formula is C11H14N2O4. The number of nitro benzene ring substituents is 1. The van der Waals surface area contributed by atoms with E-state index in [1.54, 1.807) is 19.9 Å². The highest BCUT2D eigenvalue weighted by Crippen LogP contribution is 2.21. The second kappa shape index (κ2) is 5.40. The third kappa shape index (κ3) is 3.01. The van der Waals surface area contributed by atoms with E-state index in [2.05, 4.69) is 5.32 Å². The Labute approximate surface area is 98.4 Å². The number of aliphatic hydroxyl groups is 1. The van der Waals surface area contributed by atoms with Crippen LogP contribution in [-0.2, 0) is 0 Å². The summed E-state index contributed by atoms with van der Waals surface area (Å²) in [5, 5.41) is 22.1. The van der Waals surface area contributed by atoms with E-state index in [0.717, 1.165) is 0 Å². The smallest absolute Gasteiger partial charge is 0.282 e. The van der Waals surface area contributed by atoms with E-state index in [9.17, 15) is 14.9 Å². The molecule has 0 aliphatic rings. The van der Waals surface area contributed by atoms with Crippen LogP contribution in [-0.4, -0.2) is 28.6 Å². The summed E-state index contributed by atoms with van der Waals surface area (Å²) in [6.45, 7) is 3.03. The fraction of sp³-hybridized carbons (Fsp3) is 0.364. The van der Waals surface area contributed by atoms with Gasteiger partial charge < -0.3 is 10.4 Å². The minimum Gasteiger partial charge on any atom is -0.394 e. The zero-order chi connectivity index (χ0) is 13.0. The van der Waals surface area contributed by atoms with E-state index in [0.29, 0.717) is 5.56 Å². The molecule has 1 amide bonds. The van der Waals surface area contributed by atoms with Crippen LogP contribution in [0.2, 0.25) is 0 Å². The highest BCUT2D eigenvalue weighted by Gasteiger charge is 2.22. The maximum Gasteiger partial charge on any atom is 0.282 e. The number of benzene rings is 1. The SMILES string of the molecule is Cc1cccc([N+](=O)[O-])c1C(=O)N[C@H](C)CO. The van der Waals surface area contributed by atoms with Crippen molar-refractivity contribution >= 4 is 11.6 Å². The lowest BCUT2D eigenvalue weighted by Crippen LogP contribution is -2.35. The lowest BCUT2D eigenvalue weighted by atomic mass is 10.1. The van der Waals surface area contributed by atoms with Gasteiger partial charge in [-0.2, -0.15) is 0 Å². The average Bonchev–Trinajstić information content (AvgIpc) is 2.28. The molecule has 0 aromatic heterocycles. The third-order valence-corrected chi connectivity index (χ3v) is 2.33. The number of hydrogen-bond donors (Lipinski definition) is 2. The second-order valence-electron chi connectivity index (χ2n) is 3.78. The van der Waals surface area contributed by atoms with E-state index >= 15 is 0 Å². The zero-order valence-electron chi connectivity index (χ0n) is 9.64. The first-order chi connectivity index (χ1) is 7.97. The van der Waals surface area contributed by atoms with Crippen molar-refractivity contribution in [3.8, 4) is 0 Å². The summed E-state index contributed by atoms with van der Waals surface area (Å²) in [4.78, 5) is 22.1. The number of amides is 1. The molecule has 1 aromatic carbocycles. The number of nitrogens with zero attached hydrogens (tertiary/aromatic N) is 1. The van der Waals surface area contributed by atoms with Crippen LogP contribution in [0.5, 0.6) is 0 Å². The highest BCUT2D eigenvalue weighted by atomic mass is 16.6. The summed E-state index contributed by atoms with van der Waals surface area (Å²) in [6, 6.07) is 4.00. The Bertz CT molecular complexity index is 445. The molecule has 2 N–H and O–H groups in total. The van der Waals surface area contributed by atoms with Gasteiger partial charge in [-0.1, -0.05) is 12.1 Å². The number of aliphatic hydroxyl groups excluding tert-OH is 1. The standard InChI is InChI=1S/C11H14N2O4/c1-7-4-3-5-9(13(16)17)10(7)11(15)12-8(2)6-14/h3-5,8,14H,6H2,1-2H3,(H,12,15)/t8-/m1/s1. The fourth-order valence-corrected chi connectivity index (χ4v) is 1.44. The predicted octanol–water partition coefficient (Wildman–Crippen LogP) is 1.01. The van der Waals surface area contributed by atoms with Gasteiger partial charge in [0.25, 0.3) is 11.6 Å². The maximum atomic E-state index is 11.8. The van der Waals surface area contributed by atoms with Crippen molar-refractivity contribution in [1.29, 1.82) is 0 Å². The molecule has 0 unspecified atom stereocenters. The molecule has 0 saturated heterocycles. The first kappa shape index (κ1) is 13.1. The Hall–Kier alpha value is -1.95. The van der Waals surface area contributed by atoms with Crippen molar-refractivity contribution in [3.63, 3.8) is 0 Å². The number of rotatable bonds is 4. The summed E-state index contributed by atoms with van der Waals surface area (Å²) in [5.41, 5.74) is 0.340. The number of carbonyl (C=O) groups excluding carboxylic acids is 1. The predicted molar refractivity (Wildman–Crippen MR) is 61.8 cm³/mol. The zero-order valence-corrected chi connectivity index (χ0v) is 9.64. The first-order valence-electron chi connectivity index (χ1n) is 5.13. The van der Waals surface area contributed by atoms with Gasteiger partial charge in [0.15, 0.2) is 0 Å². The van der Waals surface area contributed by atoms with E-state index in [4.69, 9.17) is 5.11 Å². The fourth-order valence-electron chi connectivity index (χ4n) is 1.44. The molecule has 17 heavy (non-hydrogen) atoms. The van der Waals surface area contributed by atoms with Gasteiger partial charge >= 0.3 is 0 Å². The van der Waals surface area contributed by atoms with Crippen LogP contribution >= 0.6 is 0 Å². The van der Waals surface area contributed by atoms with Crippen molar-refractivity contribution in [1.82, 2.24) is 5.32 Å². The third-order valence-electron chi connectivity index (χ3n) is 2.33. The van der Waals surface area contributed by atoms with Crippen molar-refractivity contribution < 1.29 is 14.8 Å². The van der Waals surface area contributed by atoms with Crippen molar-refractivity contribution in [2.45, 2.75) is 19.9 Å². The summed E-state index contributed by atoms with van der Waals surface area (Å²) in [5.74, 6) is -0.545. The second-order valence-corrected chi connectivity index (χ2v) is 3.78. The van der Waals surface area contributed by atoms with E-state index in [1.807, 2.05) is 0 Å². The molecule has 6 heteroatoms. The number of nitrogens with one attached hydrogen (secondary N) is 1. The van der Waals surface area contributed by atoms with Crippen molar-refractivity contribution in [2.75, 3.05) is 6.61 Å². The lowest BCUT2D eigenvalue weighted by molar-refractivity contribution is -0.385. The van der Waals surface area contributed by atoms with Gasteiger partial charge in [-0.25, -0.2) is 0 Å². The van der Waals surface area contributed by atoms with Crippen molar-refractivity contribution in [3.05, 3.63) is 39.4 Å². The Morgan fingerprint density at radius 1 is 1.59 bits per heavy atom. The molecule has 1 atom stereocenters. The Balaban J connectivity index is 3.11. The normalized spacial score (nSPS) is 11.9. The summed E-state index contributed by atoms with van der Waals surface area (Å²) >= 11 is 0. The van der Waals surface area contributed by atoms with E-state index in [-0.39, 0.29) is 17.9 Å². The molecule has 0 bridgehead atoms. The minimum atomic E-state index is -0.592.